The third-order valence-corrected chi connectivity index (χ3v) is 6.42. The van der Waals surface area contributed by atoms with Gasteiger partial charge < -0.3 is 10.1 Å². The minimum Gasteiger partial charge on any atom is -0.488 e. The van der Waals surface area contributed by atoms with Crippen LogP contribution >= 0.6 is 0 Å². The molecule has 2 aromatic rings. The van der Waals surface area contributed by atoms with Gasteiger partial charge in [-0.1, -0.05) is 30.3 Å². The number of rotatable bonds is 4. The van der Waals surface area contributed by atoms with Gasteiger partial charge in [0.25, 0.3) is 0 Å². The molecule has 2 atom stereocenters. The van der Waals surface area contributed by atoms with E-state index in [2.05, 4.69) is 25.2 Å². The highest BCUT2D eigenvalue weighted by Gasteiger charge is 2.63. The molecule has 148 valence electrons. The molecule has 5 nitrogen and oxygen atoms in total. The van der Waals surface area contributed by atoms with Crippen molar-refractivity contribution in [3.8, 4) is 5.75 Å². The Balaban J connectivity index is 1.55. The third kappa shape index (κ3) is 3.65. The van der Waals surface area contributed by atoms with Gasteiger partial charge in [-0.05, 0) is 50.5 Å². The first kappa shape index (κ1) is 19.0. The maximum atomic E-state index is 13.0. The van der Waals surface area contributed by atoms with E-state index >= 15 is 0 Å². The number of para-hydroxylation sites is 1. The molecule has 0 unspecified atom stereocenters. The first-order chi connectivity index (χ1) is 13.1. The molecular formula is C22H25NO4S. The number of fused-ring (bicyclic) bond motifs is 2. The van der Waals surface area contributed by atoms with Gasteiger partial charge in [0.05, 0.1) is 5.75 Å². The summed E-state index contributed by atoms with van der Waals surface area (Å²) in [5, 5.41) is 2.99. The topological polar surface area (TPSA) is 72.5 Å². The largest absolute Gasteiger partial charge is 0.488 e. The molecular weight excluding hydrogens is 374 g/mol. The van der Waals surface area contributed by atoms with Crippen LogP contribution in [0.3, 0.4) is 0 Å². The van der Waals surface area contributed by atoms with E-state index in [4.69, 9.17) is 4.74 Å². The molecule has 0 bridgehead atoms. The average Bonchev–Trinajstić information content (AvgIpc) is 3.27. The molecule has 1 heterocycles. The van der Waals surface area contributed by atoms with Crippen LogP contribution in [0.4, 0.5) is 5.69 Å². The zero-order valence-corrected chi connectivity index (χ0v) is 17.2. The van der Waals surface area contributed by atoms with Crippen LogP contribution < -0.4 is 10.1 Å². The lowest BCUT2D eigenvalue weighted by Crippen LogP contribution is -2.39. The van der Waals surface area contributed by atoms with E-state index in [1.54, 1.807) is 24.3 Å². The van der Waals surface area contributed by atoms with Crippen molar-refractivity contribution in [3.05, 3.63) is 59.7 Å². The van der Waals surface area contributed by atoms with Crippen molar-refractivity contribution in [1.82, 2.24) is 0 Å². The van der Waals surface area contributed by atoms with Gasteiger partial charge in [-0.15, -0.1) is 0 Å². The molecule has 0 saturated heterocycles. The molecule has 2 aromatic carbocycles. The van der Waals surface area contributed by atoms with E-state index in [0.29, 0.717) is 11.3 Å². The van der Waals surface area contributed by atoms with Gasteiger partial charge in [-0.2, -0.15) is 0 Å². The molecule has 4 rings (SSSR count). The molecule has 1 fully saturated rings. The highest BCUT2D eigenvalue weighted by atomic mass is 32.2. The number of amides is 1. The molecule has 1 aliphatic heterocycles. The fourth-order valence-electron chi connectivity index (χ4n) is 4.57. The van der Waals surface area contributed by atoms with Gasteiger partial charge in [0, 0.05) is 28.8 Å². The number of hydrogen-bond acceptors (Lipinski definition) is 4. The summed E-state index contributed by atoms with van der Waals surface area (Å²) in [4.78, 5) is 13.0. The maximum absolute atomic E-state index is 13.0. The van der Waals surface area contributed by atoms with Gasteiger partial charge in [0.2, 0.25) is 5.91 Å². The Morgan fingerprint density at radius 2 is 1.93 bits per heavy atom. The van der Waals surface area contributed by atoms with Gasteiger partial charge >= 0.3 is 0 Å². The minimum absolute atomic E-state index is 0.0241. The number of anilines is 1. The standard InChI is InChI=1S/C22H25NO4S/c1-21(2)14-22(17-9-4-5-10-19(17)27-21)12-18(22)20(24)23-16-8-6-7-15(11-16)13-28(3,25)26/h4-11,18H,12-14H2,1-3H3,(H,23,24)/t18-,22+/m1/s1. The van der Waals surface area contributed by atoms with Crippen molar-refractivity contribution >= 4 is 21.4 Å². The monoisotopic (exact) mass is 399 g/mol. The van der Waals surface area contributed by atoms with E-state index in [-0.39, 0.29) is 28.6 Å². The summed E-state index contributed by atoms with van der Waals surface area (Å²) in [5.41, 5.74) is 1.91. The predicted octanol–water partition coefficient (Wildman–Crippen LogP) is 3.69. The quantitative estimate of drug-likeness (QED) is 0.851. The summed E-state index contributed by atoms with van der Waals surface area (Å²) in [6, 6.07) is 15.0. The Kier molecular flexibility index (Phi) is 4.30. The summed E-state index contributed by atoms with van der Waals surface area (Å²) < 4.78 is 29.2. The van der Waals surface area contributed by atoms with E-state index < -0.39 is 9.84 Å². The Morgan fingerprint density at radius 1 is 1.18 bits per heavy atom. The Morgan fingerprint density at radius 3 is 2.68 bits per heavy atom. The lowest BCUT2D eigenvalue weighted by molar-refractivity contribution is -0.118. The van der Waals surface area contributed by atoms with Crippen LogP contribution in [0, 0.1) is 5.92 Å². The molecule has 1 N–H and O–H groups in total. The Hall–Kier alpha value is -2.34. The molecule has 0 radical (unpaired) electrons. The minimum atomic E-state index is -3.12. The van der Waals surface area contributed by atoms with Crippen molar-refractivity contribution in [1.29, 1.82) is 0 Å². The number of carbonyl (C=O) groups is 1. The molecule has 28 heavy (non-hydrogen) atoms. The SMILES string of the molecule is CC1(C)C[C@@]2(C[C@@H]2C(=O)Nc2cccc(CS(C)(=O)=O)c2)c2ccccc2O1. The van der Waals surface area contributed by atoms with Crippen LogP contribution in [0.5, 0.6) is 5.75 Å². The second-order valence-electron chi connectivity index (χ2n) is 8.71. The second kappa shape index (κ2) is 6.34. The highest BCUT2D eigenvalue weighted by molar-refractivity contribution is 7.89. The number of hydrogen-bond donors (Lipinski definition) is 1. The first-order valence-electron chi connectivity index (χ1n) is 9.44. The molecule has 1 spiro atoms. The van der Waals surface area contributed by atoms with Gasteiger partial charge in [-0.3, -0.25) is 4.79 Å². The normalized spacial score (nSPS) is 24.9. The number of ether oxygens (including phenoxy) is 1. The van der Waals surface area contributed by atoms with Crippen LogP contribution in [0.1, 0.15) is 37.8 Å². The highest BCUT2D eigenvalue weighted by Crippen LogP contribution is 2.63. The number of nitrogens with one attached hydrogen (secondary N) is 1. The smallest absolute Gasteiger partial charge is 0.228 e. The fourth-order valence-corrected chi connectivity index (χ4v) is 5.35. The lowest BCUT2D eigenvalue weighted by atomic mass is 9.80. The van der Waals surface area contributed by atoms with Crippen molar-refractivity contribution in [2.24, 2.45) is 5.92 Å². The Bertz CT molecular complexity index is 1040. The second-order valence-corrected chi connectivity index (χ2v) is 10.8. The third-order valence-electron chi connectivity index (χ3n) is 5.57. The van der Waals surface area contributed by atoms with Crippen LogP contribution in [0.2, 0.25) is 0 Å². The molecule has 6 heteroatoms. The molecule has 2 aliphatic rings. The number of benzene rings is 2. The van der Waals surface area contributed by atoms with Crippen molar-refractivity contribution in [2.45, 2.75) is 43.5 Å². The molecule has 1 amide bonds. The summed E-state index contributed by atoms with van der Waals surface area (Å²) in [6.07, 6.45) is 2.80. The van der Waals surface area contributed by atoms with E-state index in [1.165, 1.54) is 6.26 Å². The summed E-state index contributed by atoms with van der Waals surface area (Å²) in [7, 11) is -3.12. The number of sulfone groups is 1. The fraction of sp³-hybridized carbons (Fsp3) is 0.409. The van der Waals surface area contributed by atoms with E-state index in [1.807, 2.05) is 18.2 Å². The van der Waals surface area contributed by atoms with Crippen LogP contribution in [0.25, 0.3) is 0 Å². The van der Waals surface area contributed by atoms with Crippen LogP contribution in [-0.4, -0.2) is 26.2 Å². The van der Waals surface area contributed by atoms with Crippen molar-refractivity contribution < 1.29 is 17.9 Å². The van der Waals surface area contributed by atoms with E-state index in [9.17, 15) is 13.2 Å². The summed E-state index contributed by atoms with van der Waals surface area (Å²) in [6.45, 7) is 4.12. The zero-order valence-electron chi connectivity index (χ0n) is 16.4. The number of carbonyl (C=O) groups excluding carboxylic acids is 1. The first-order valence-corrected chi connectivity index (χ1v) is 11.5. The molecule has 1 aliphatic carbocycles. The summed E-state index contributed by atoms with van der Waals surface area (Å²) >= 11 is 0. The van der Waals surface area contributed by atoms with Crippen molar-refractivity contribution in [3.63, 3.8) is 0 Å². The molecule has 1 saturated carbocycles. The molecule has 0 aromatic heterocycles. The predicted molar refractivity (Wildman–Crippen MR) is 109 cm³/mol. The lowest BCUT2D eigenvalue weighted by Gasteiger charge is -2.38. The van der Waals surface area contributed by atoms with E-state index in [0.717, 1.165) is 24.2 Å². The zero-order chi connectivity index (χ0) is 20.2. The van der Waals surface area contributed by atoms with Gasteiger partial charge in [0.15, 0.2) is 9.84 Å². The van der Waals surface area contributed by atoms with Crippen LogP contribution in [0.15, 0.2) is 48.5 Å². The van der Waals surface area contributed by atoms with Gasteiger partial charge in [-0.25, -0.2) is 8.42 Å². The Labute approximate surface area is 166 Å². The van der Waals surface area contributed by atoms with Gasteiger partial charge in [0.1, 0.15) is 11.4 Å². The average molecular weight is 400 g/mol. The maximum Gasteiger partial charge on any atom is 0.228 e. The van der Waals surface area contributed by atoms with Crippen LogP contribution in [-0.2, 0) is 25.8 Å². The summed E-state index contributed by atoms with van der Waals surface area (Å²) in [5.74, 6) is 0.687. The van der Waals surface area contributed by atoms with Crippen molar-refractivity contribution in [2.75, 3.05) is 11.6 Å².